The van der Waals surface area contributed by atoms with Crippen molar-refractivity contribution in [3.63, 3.8) is 0 Å². The number of carbonyl (C=O) groups is 1. The Morgan fingerprint density at radius 2 is 2.18 bits per heavy atom. The quantitative estimate of drug-likeness (QED) is 0.577. The van der Waals surface area contributed by atoms with Gasteiger partial charge in [-0.25, -0.2) is 9.37 Å². The number of thioether (sulfide) groups is 1. The molecule has 1 aliphatic rings. The van der Waals surface area contributed by atoms with E-state index in [1.165, 1.54) is 16.5 Å². The SMILES string of the molecule is O=C(CCSCc1nc2sc3c(c2c(=O)[nH]1)CCC3)NCc1ccccc1F. The molecular weight excluding hydrogens is 397 g/mol. The molecule has 0 unspecified atom stereocenters. The molecule has 0 spiro atoms. The Labute approximate surface area is 169 Å². The van der Waals surface area contributed by atoms with Gasteiger partial charge < -0.3 is 10.3 Å². The van der Waals surface area contributed by atoms with E-state index in [2.05, 4.69) is 15.3 Å². The minimum Gasteiger partial charge on any atom is -0.352 e. The van der Waals surface area contributed by atoms with E-state index in [1.54, 1.807) is 41.3 Å². The average Bonchev–Trinajstić information content (AvgIpc) is 3.25. The summed E-state index contributed by atoms with van der Waals surface area (Å²) in [6.45, 7) is 0.185. The van der Waals surface area contributed by atoms with Gasteiger partial charge in [0, 0.05) is 29.2 Å². The van der Waals surface area contributed by atoms with E-state index in [1.807, 2.05) is 0 Å². The zero-order chi connectivity index (χ0) is 19.5. The summed E-state index contributed by atoms with van der Waals surface area (Å²) in [5.74, 6) is 1.36. The fraction of sp³-hybridized carbons (Fsp3) is 0.350. The largest absolute Gasteiger partial charge is 0.352 e. The number of aryl methyl sites for hydroxylation is 2. The van der Waals surface area contributed by atoms with Crippen LogP contribution in [0.5, 0.6) is 0 Å². The van der Waals surface area contributed by atoms with Crippen molar-refractivity contribution in [1.29, 1.82) is 0 Å². The number of nitrogens with one attached hydrogen (secondary N) is 2. The van der Waals surface area contributed by atoms with Crippen LogP contribution < -0.4 is 10.9 Å². The van der Waals surface area contributed by atoms with Crippen molar-refractivity contribution in [1.82, 2.24) is 15.3 Å². The lowest BCUT2D eigenvalue weighted by Gasteiger charge is -2.06. The van der Waals surface area contributed by atoms with Crippen LogP contribution >= 0.6 is 23.1 Å². The van der Waals surface area contributed by atoms with Crippen LogP contribution in [-0.2, 0) is 29.9 Å². The average molecular weight is 418 g/mol. The van der Waals surface area contributed by atoms with E-state index in [9.17, 15) is 14.0 Å². The van der Waals surface area contributed by atoms with Crippen LogP contribution in [0.2, 0.25) is 0 Å². The molecule has 2 aromatic heterocycles. The smallest absolute Gasteiger partial charge is 0.259 e. The Kier molecular flexibility index (Phi) is 5.77. The molecule has 0 saturated carbocycles. The van der Waals surface area contributed by atoms with Crippen molar-refractivity contribution in [2.45, 2.75) is 38.0 Å². The summed E-state index contributed by atoms with van der Waals surface area (Å²) >= 11 is 3.17. The fourth-order valence-electron chi connectivity index (χ4n) is 3.37. The van der Waals surface area contributed by atoms with E-state index in [0.717, 1.165) is 29.5 Å². The highest BCUT2D eigenvalue weighted by atomic mass is 32.2. The van der Waals surface area contributed by atoms with Gasteiger partial charge in [-0.2, -0.15) is 11.8 Å². The van der Waals surface area contributed by atoms with Gasteiger partial charge in [0.1, 0.15) is 16.5 Å². The Morgan fingerprint density at radius 3 is 3.04 bits per heavy atom. The first-order valence-electron chi connectivity index (χ1n) is 9.23. The van der Waals surface area contributed by atoms with Crippen molar-refractivity contribution in [3.8, 4) is 0 Å². The summed E-state index contributed by atoms with van der Waals surface area (Å²) in [7, 11) is 0. The number of hydrogen-bond acceptors (Lipinski definition) is 5. The summed E-state index contributed by atoms with van der Waals surface area (Å²) < 4.78 is 13.5. The molecule has 0 aliphatic heterocycles. The molecule has 0 atom stereocenters. The first-order chi connectivity index (χ1) is 13.6. The molecule has 2 N–H and O–H groups in total. The molecule has 1 aliphatic carbocycles. The highest BCUT2D eigenvalue weighted by Crippen LogP contribution is 2.34. The first kappa shape index (κ1) is 19.1. The van der Waals surface area contributed by atoms with Crippen LogP contribution in [0.15, 0.2) is 29.1 Å². The molecule has 1 aromatic carbocycles. The lowest BCUT2D eigenvalue weighted by molar-refractivity contribution is -0.120. The number of thiophene rings is 1. The summed E-state index contributed by atoms with van der Waals surface area (Å²) in [4.78, 5) is 34.0. The van der Waals surface area contributed by atoms with Gasteiger partial charge in [0.05, 0.1) is 11.1 Å². The van der Waals surface area contributed by atoms with Crippen LogP contribution in [0.1, 0.15) is 34.7 Å². The molecule has 0 radical (unpaired) electrons. The highest BCUT2D eigenvalue weighted by molar-refractivity contribution is 7.98. The van der Waals surface area contributed by atoms with Gasteiger partial charge in [-0.15, -0.1) is 11.3 Å². The maximum Gasteiger partial charge on any atom is 0.259 e. The Hall–Kier alpha value is -2.19. The number of fused-ring (bicyclic) bond motifs is 3. The summed E-state index contributed by atoms with van der Waals surface area (Å²) in [5.41, 5.74) is 1.60. The minimum absolute atomic E-state index is 0.0531. The molecule has 0 fully saturated rings. The lowest BCUT2D eigenvalue weighted by Crippen LogP contribution is -2.23. The molecule has 3 aromatic rings. The Bertz CT molecular complexity index is 1080. The number of benzene rings is 1. The maximum atomic E-state index is 13.5. The molecule has 8 heteroatoms. The van der Waals surface area contributed by atoms with Gasteiger partial charge in [-0.3, -0.25) is 9.59 Å². The third-order valence-electron chi connectivity index (χ3n) is 4.77. The maximum absolute atomic E-state index is 13.5. The number of aromatic nitrogens is 2. The van der Waals surface area contributed by atoms with Crippen LogP contribution in [0.25, 0.3) is 10.2 Å². The Morgan fingerprint density at radius 1 is 1.32 bits per heavy atom. The third kappa shape index (κ3) is 4.12. The highest BCUT2D eigenvalue weighted by Gasteiger charge is 2.21. The van der Waals surface area contributed by atoms with E-state index >= 15 is 0 Å². The van der Waals surface area contributed by atoms with Gasteiger partial charge >= 0.3 is 0 Å². The topological polar surface area (TPSA) is 74.8 Å². The second-order valence-corrected chi connectivity index (χ2v) is 8.91. The zero-order valence-electron chi connectivity index (χ0n) is 15.2. The van der Waals surface area contributed by atoms with E-state index in [-0.39, 0.29) is 23.8 Å². The standard InChI is InChI=1S/C20H20FN3O2S2/c21-14-6-2-1-4-12(14)10-22-17(25)8-9-27-11-16-23-19(26)18-13-5-3-7-15(13)28-20(18)24-16/h1-2,4,6H,3,5,7-11H2,(H,22,25)(H,23,24,26). The van der Waals surface area contributed by atoms with Crippen molar-refractivity contribution >= 4 is 39.2 Å². The van der Waals surface area contributed by atoms with Gasteiger partial charge in [0.2, 0.25) is 5.91 Å². The predicted molar refractivity (Wildman–Crippen MR) is 111 cm³/mol. The molecule has 4 rings (SSSR count). The van der Waals surface area contributed by atoms with Crippen molar-refractivity contribution in [2.75, 3.05) is 5.75 Å². The number of aromatic amines is 1. The molecule has 1 amide bonds. The van der Waals surface area contributed by atoms with Crippen LogP contribution in [0.4, 0.5) is 4.39 Å². The molecule has 5 nitrogen and oxygen atoms in total. The summed E-state index contributed by atoms with van der Waals surface area (Å²) in [5, 5.41) is 3.49. The van der Waals surface area contributed by atoms with Crippen LogP contribution in [-0.4, -0.2) is 21.6 Å². The van der Waals surface area contributed by atoms with Crippen LogP contribution in [0.3, 0.4) is 0 Å². The molecule has 0 bridgehead atoms. The number of H-pyrrole nitrogens is 1. The number of amides is 1. The van der Waals surface area contributed by atoms with Crippen molar-refractivity contribution in [3.05, 3.63) is 62.3 Å². The number of carbonyl (C=O) groups excluding carboxylic acids is 1. The summed E-state index contributed by atoms with van der Waals surface area (Å²) in [6.07, 6.45) is 3.46. The predicted octanol–water partition coefficient (Wildman–Crippen LogP) is 3.55. The second kappa shape index (κ2) is 8.45. The molecule has 2 heterocycles. The number of nitrogens with zero attached hydrogens (tertiary/aromatic N) is 1. The van der Waals surface area contributed by atoms with E-state index in [4.69, 9.17) is 0 Å². The normalized spacial score (nSPS) is 13.0. The number of halogens is 1. The monoisotopic (exact) mass is 417 g/mol. The van der Waals surface area contributed by atoms with E-state index in [0.29, 0.717) is 29.3 Å². The molecule has 28 heavy (non-hydrogen) atoms. The lowest BCUT2D eigenvalue weighted by atomic mass is 10.2. The number of hydrogen-bond donors (Lipinski definition) is 2. The zero-order valence-corrected chi connectivity index (χ0v) is 16.9. The minimum atomic E-state index is -0.317. The third-order valence-corrected chi connectivity index (χ3v) is 6.93. The Balaban J connectivity index is 1.27. The van der Waals surface area contributed by atoms with Crippen molar-refractivity contribution < 1.29 is 9.18 Å². The summed E-state index contributed by atoms with van der Waals surface area (Å²) in [6, 6.07) is 6.40. The van der Waals surface area contributed by atoms with Gasteiger partial charge in [0.25, 0.3) is 5.56 Å². The second-order valence-electron chi connectivity index (χ2n) is 6.72. The molecular formula is C20H20FN3O2S2. The van der Waals surface area contributed by atoms with Gasteiger partial charge in [-0.05, 0) is 30.9 Å². The molecule has 146 valence electrons. The van der Waals surface area contributed by atoms with Crippen LogP contribution in [0, 0.1) is 5.82 Å². The molecule has 0 saturated heterocycles. The van der Waals surface area contributed by atoms with Gasteiger partial charge in [-0.1, -0.05) is 18.2 Å². The van der Waals surface area contributed by atoms with E-state index < -0.39 is 0 Å². The first-order valence-corrected chi connectivity index (χ1v) is 11.2. The van der Waals surface area contributed by atoms with Crippen molar-refractivity contribution in [2.24, 2.45) is 0 Å². The fourth-order valence-corrected chi connectivity index (χ4v) is 5.46. The van der Waals surface area contributed by atoms with Gasteiger partial charge in [0.15, 0.2) is 0 Å². The number of rotatable bonds is 7.